The summed E-state index contributed by atoms with van der Waals surface area (Å²) in [6, 6.07) is 0.294. The van der Waals surface area contributed by atoms with Gasteiger partial charge in [-0.05, 0) is 25.8 Å². The molecule has 3 rings (SSSR count). The average Bonchev–Trinajstić information content (AvgIpc) is 2.54. The molecule has 0 aromatic carbocycles. The molecule has 0 saturated carbocycles. The van der Waals surface area contributed by atoms with Gasteiger partial charge in [-0.3, -0.25) is 0 Å². The molecule has 21 heavy (non-hydrogen) atoms. The number of nitrogens with one attached hydrogen (secondary N) is 1. The van der Waals surface area contributed by atoms with Crippen molar-refractivity contribution in [2.24, 2.45) is 5.41 Å². The lowest BCUT2D eigenvalue weighted by Gasteiger charge is -2.50. The summed E-state index contributed by atoms with van der Waals surface area (Å²) in [7, 11) is 0. The molecule has 2 aliphatic heterocycles. The van der Waals surface area contributed by atoms with Crippen molar-refractivity contribution in [2.75, 3.05) is 31.1 Å². The number of hydrogen-bond donors (Lipinski definition) is 3. The van der Waals surface area contributed by atoms with Gasteiger partial charge in [-0.15, -0.1) is 0 Å². The molecular weight excluding hydrogens is 272 g/mol. The van der Waals surface area contributed by atoms with Crippen LogP contribution >= 0.6 is 0 Å². The molecule has 3 heterocycles. The number of nitrogens with zero attached hydrogens (tertiary/aromatic N) is 3. The van der Waals surface area contributed by atoms with Gasteiger partial charge >= 0.3 is 5.97 Å². The quantitative estimate of drug-likeness (QED) is 0.727. The van der Waals surface area contributed by atoms with Crippen LogP contribution in [0.5, 0.6) is 0 Å². The van der Waals surface area contributed by atoms with E-state index in [4.69, 9.17) is 0 Å². The van der Waals surface area contributed by atoms with Crippen LogP contribution in [0, 0.1) is 5.41 Å². The first-order valence-corrected chi connectivity index (χ1v) is 7.29. The molecule has 2 fully saturated rings. The summed E-state index contributed by atoms with van der Waals surface area (Å²) < 4.78 is 0. The zero-order chi connectivity index (χ0) is 14.9. The highest BCUT2D eigenvalue weighted by atomic mass is 16.4. The molecule has 2 saturated heterocycles. The van der Waals surface area contributed by atoms with Gasteiger partial charge in [0.25, 0.3) is 0 Å². The SMILES string of the molecule is O=C(O)c1cncnc1N1CCC2NCCCC2(CO)C1. The monoisotopic (exact) mass is 292 g/mol. The van der Waals surface area contributed by atoms with Gasteiger partial charge in [0.05, 0.1) is 6.61 Å². The molecule has 0 spiro atoms. The molecular formula is C14H20N4O3. The third-order valence-corrected chi connectivity index (χ3v) is 4.71. The van der Waals surface area contributed by atoms with Gasteiger partial charge in [0, 0.05) is 30.7 Å². The minimum atomic E-state index is -1.02. The third kappa shape index (κ3) is 2.47. The maximum absolute atomic E-state index is 11.3. The molecule has 7 nitrogen and oxygen atoms in total. The first-order valence-electron chi connectivity index (χ1n) is 7.29. The zero-order valence-corrected chi connectivity index (χ0v) is 11.8. The number of piperidine rings is 2. The van der Waals surface area contributed by atoms with E-state index in [1.54, 1.807) is 0 Å². The zero-order valence-electron chi connectivity index (χ0n) is 11.8. The maximum atomic E-state index is 11.3. The van der Waals surface area contributed by atoms with Crippen LogP contribution in [0.3, 0.4) is 0 Å². The van der Waals surface area contributed by atoms with Gasteiger partial charge in [-0.2, -0.15) is 0 Å². The minimum Gasteiger partial charge on any atom is -0.477 e. The predicted octanol–water partition coefficient (Wildman–Crippen LogP) is 0.116. The predicted molar refractivity (Wildman–Crippen MR) is 76.4 cm³/mol. The number of fused-ring (bicyclic) bond motifs is 1. The highest BCUT2D eigenvalue weighted by molar-refractivity contribution is 5.92. The molecule has 114 valence electrons. The van der Waals surface area contributed by atoms with Gasteiger partial charge in [0.1, 0.15) is 17.7 Å². The molecule has 0 radical (unpaired) electrons. The fourth-order valence-corrected chi connectivity index (χ4v) is 3.60. The summed E-state index contributed by atoms with van der Waals surface area (Å²) in [4.78, 5) is 21.3. The summed E-state index contributed by atoms with van der Waals surface area (Å²) >= 11 is 0. The van der Waals surface area contributed by atoms with Crippen molar-refractivity contribution in [1.29, 1.82) is 0 Å². The Hall–Kier alpha value is -1.73. The summed E-state index contributed by atoms with van der Waals surface area (Å²) in [5.74, 6) is -0.568. The molecule has 1 aromatic heterocycles. The number of hydrogen-bond acceptors (Lipinski definition) is 6. The summed E-state index contributed by atoms with van der Waals surface area (Å²) in [6.45, 7) is 2.45. The lowest BCUT2D eigenvalue weighted by Crippen LogP contribution is -2.61. The van der Waals surface area contributed by atoms with E-state index in [1.807, 2.05) is 4.90 Å². The number of carboxylic acid groups (broad SMARTS) is 1. The molecule has 2 unspecified atom stereocenters. The molecule has 2 atom stereocenters. The lowest BCUT2D eigenvalue weighted by molar-refractivity contribution is 0.0402. The Morgan fingerprint density at radius 3 is 3.19 bits per heavy atom. The molecule has 1 aromatic rings. The van der Waals surface area contributed by atoms with Crippen LogP contribution in [0.2, 0.25) is 0 Å². The normalized spacial score (nSPS) is 29.0. The number of aliphatic hydroxyl groups is 1. The van der Waals surface area contributed by atoms with Crippen molar-refractivity contribution in [1.82, 2.24) is 15.3 Å². The van der Waals surface area contributed by atoms with Crippen LogP contribution in [0.1, 0.15) is 29.6 Å². The van der Waals surface area contributed by atoms with Crippen molar-refractivity contribution in [2.45, 2.75) is 25.3 Å². The van der Waals surface area contributed by atoms with Crippen molar-refractivity contribution >= 4 is 11.8 Å². The fourth-order valence-electron chi connectivity index (χ4n) is 3.60. The van der Waals surface area contributed by atoms with Gasteiger partial charge in [0.2, 0.25) is 0 Å². The highest BCUT2D eigenvalue weighted by Gasteiger charge is 2.45. The van der Waals surface area contributed by atoms with E-state index >= 15 is 0 Å². The summed E-state index contributed by atoms with van der Waals surface area (Å²) in [5.41, 5.74) is -0.0927. The number of anilines is 1. The Bertz CT molecular complexity index is 539. The molecule has 2 aliphatic rings. The van der Waals surface area contributed by atoms with Crippen molar-refractivity contribution < 1.29 is 15.0 Å². The Labute approximate surface area is 123 Å². The Kier molecular flexibility index (Phi) is 3.77. The van der Waals surface area contributed by atoms with Gasteiger partial charge in [-0.25, -0.2) is 14.8 Å². The minimum absolute atomic E-state index is 0.106. The second-order valence-electron chi connectivity index (χ2n) is 5.91. The van der Waals surface area contributed by atoms with E-state index in [2.05, 4.69) is 15.3 Å². The van der Waals surface area contributed by atoms with E-state index < -0.39 is 5.97 Å². The van der Waals surface area contributed by atoms with E-state index in [1.165, 1.54) is 12.5 Å². The Morgan fingerprint density at radius 1 is 1.57 bits per heavy atom. The third-order valence-electron chi connectivity index (χ3n) is 4.71. The largest absolute Gasteiger partial charge is 0.477 e. The molecule has 0 amide bonds. The van der Waals surface area contributed by atoms with Crippen molar-refractivity contribution in [3.63, 3.8) is 0 Å². The lowest BCUT2D eigenvalue weighted by atomic mass is 9.71. The standard InChI is InChI=1S/C14H20N4O3/c19-8-14-3-1-4-16-11(14)2-5-18(7-14)12-10(13(20)21)6-15-9-17-12/h6,9,11,16,19H,1-5,7-8H2,(H,20,21). The van der Waals surface area contributed by atoms with Crippen LogP contribution in [0.4, 0.5) is 5.82 Å². The molecule has 0 aliphatic carbocycles. The number of aromatic nitrogens is 2. The van der Waals surface area contributed by atoms with E-state index in [9.17, 15) is 15.0 Å². The van der Waals surface area contributed by atoms with Crippen LogP contribution in [-0.4, -0.2) is 58.4 Å². The number of aliphatic hydroxyl groups excluding tert-OH is 1. The number of carbonyl (C=O) groups is 1. The van der Waals surface area contributed by atoms with Crippen LogP contribution in [0.15, 0.2) is 12.5 Å². The molecule has 3 N–H and O–H groups in total. The maximum Gasteiger partial charge on any atom is 0.341 e. The topological polar surface area (TPSA) is 98.6 Å². The Morgan fingerprint density at radius 2 is 2.43 bits per heavy atom. The van der Waals surface area contributed by atoms with Crippen molar-refractivity contribution in [3.05, 3.63) is 18.1 Å². The number of carboxylic acids is 1. The summed E-state index contributed by atoms with van der Waals surface area (Å²) in [5, 5.41) is 22.7. The first kappa shape index (κ1) is 14.2. The molecule has 0 bridgehead atoms. The average molecular weight is 292 g/mol. The van der Waals surface area contributed by atoms with E-state index in [-0.39, 0.29) is 17.6 Å². The second kappa shape index (κ2) is 5.57. The number of rotatable bonds is 3. The Balaban J connectivity index is 1.89. The summed E-state index contributed by atoms with van der Waals surface area (Å²) in [6.07, 6.45) is 5.56. The fraction of sp³-hybridized carbons (Fsp3) is 0.643. The van der Waals surface area contributed by atoms with Crippen LogP contribution in [-0.2, 0) is 0 Å². The van der Waals surface area contributed by atoms with Gasteiger partial charge in [-0.1, -0.05) is 0 Å². The van der Waals surface area contributed by atoms with Gasteiger partial charge < -0.3 is 20.4 Å². The highest BCUT2D eigenvalue weighted by Crippen LogP contribution is 2.38. The number of aromatic carboxylic acids is 1. The smallest absolute Gasteiger partial charge is 0.341 e. The van der Waals surface area contributed by atoms with Crippen LogP contribution in [0.25, 0.3) is 0 Å². The first-order chi connectivity index (χ1) is 10.2. The molecule has 7 heteroatoms. The van der Waals surface area contributed by atoms with Crippen molar-refractivity contribution in [3.8, 4) is 0 Å². The van der Waals surface area contributed by atoms with Gasteiger partial charge in [0.15, 0.2) is 0 Å². The van der Waals surface area contributed by atoms with Crippen LogP contribution < -0.4 is 10.2 Å². The van der Waals surface area contributed by atoms with E-state index in [0.29, 0.717) is 18.4 Å². The van der Waals surface area contributed by atoms with E-state index in [0.717, 1.165) is 32.4 Å². The second-order valence-corrected chi connectivity index (χ2v) is 5.91.